The lowest BCUT2D eigenvalue weighted by Crippen LogP contribution is -2.14. The van der Waals surface area contributed by atoms with Crippen LogP contribution in [-0.4, -0.2) is 14.7 Å². The van der Waals surface area contributed by atoms with E-state index in [1.54, 1.807) is 0 Å². The van der Waals surface area contributed by atoms with E-state index in [1.807, 2.05) is 13.8 Å². The van der Waals surface area contributed by atoms with Crippen molar-refractivity contribution in [3.63, 3.8) is 0 Å². The largest absolute Gasteiger partial charge is 0.494 e. The maximum Gasteiger partial charge on any atom is 0.255 e. The molecular formula is C8H12N2O2S. The van der Waals surface area contributed by atoms with Crippen molar-refractivity contribution in [1.82, 2.24) is 9.55 Å². The minimum absolute atomic E-state index is 0.0811. The number of nitrogens with one attached hydrogen (secondary N) is 1. The Hall–Kier alpha value is -1.10. The van der Waals surface area contributed by atoms with Gasteiger partial charge in [-0.25, -0.2) is 0 Å². The molecule has 1 aromatic heterocycles. The first-order chi connectivity index (χ1) is 6.00. The van der Waals surface area contributed by atoms with Gasteiger partial charge in [0.25, 0.3) is 5.56 Å². The summed E-state index contributed by atoms with van der Waals surface area (Å²) in [6, 6.07) is 1.12. The Morgan fingerprint density at radius 1 is 1.69 bits per heavy atom. The molecule has 72 valence electrons. The smallest absolute Gasteiger partial charge is 0.255 e. The summed E-state index contributed by atoms with van der Waals surface area (Å²) in [6.07, 6.45) is 0. The minimum Gasteiger partial charge on any atom is -0.494 e. The number of nitrogens with zero attached hydrogens (tertiary/aromatic N) is 1. The highest BCUT2D eigenvalue weighted by atomic mass is 32.1. The minimum atomic E-state index is -0.373. The van der Waals surface area contributed by atoms with Gasteiger partial charge in [-0.3, -0.25) is 14.3 Å². The maximum atomic E-state index is 10.9. The molecule has 0 amide bonds. The third kappa shape index (κ3) is 2.42. The standard InChI is InChI=1S/C8H12N2O2S/c1-5(2)4-10-7(12)3-6(11)9-8(10)13/h3,5,12H,4H2,1-2H3,(H,9,11,13). The van der Waals surface area contributed by atoms with Gasteiger partial charge in [0.05, 0.1) is 6.07 Å². The average Bonchev–Trinajstić information content (AvgIpc) is 1.96. The van der Waals surface area contributed by atoms with E-state index >= 15 is 0 Å². The van der Waals surface area contributed by atoms with E-state index in [4.69, 9.17) is 12.2 Å². The number of rotatable bonds is 2. The summed E-state index contributed by atoms with van der Waals surface area (Å²) in [7, 11) is 0. The Morgan fingerprint density at radius 2 is 2.31 bits per heavy atom. The Morgan fingerprint density at radius 3 is 2.77 bits per heavy atom. The summed E-state index contributed by atoms with van der Waals surface area (Å²) in [4.78, 5) is 13.3. The first-order valence-corrected chi connectivity index (χ1v) is 4.44. The molecule has 1 heterocycles. The molecule has 4 nitrogen and oxygen atoms in total. The molecule has 0 bridgehead atoms. The van der Waals surface area contributed by atoms with Crippen LogP contribution in [0.5, 0.6) is 5.88 Å². The molecular weight excluding hydrogens is 188 g/mol. The highest BCUT2D eigenvalue weighted by Gasteiger charge is 2.03. The molecule has 0 saturated heterocycles. The molecule has 0 aliphatic rings. The molecule has 0 fully saturated rings. The van der Waals surface area contributed by atoms with Gasteiger partial charge in [-0.1, -0.05) is 13.8 Å². The predicted octanol–water partition coefficient (Wildman–Crippen LogP) is 1.27. The zero-order valence-electron chi connectivity index (χ0n) is 7.57. The van der Waals surface area contributed by atoms with Crippen LogP contribution < -0.4 is 5.56 Å². The Bertz CT molecular complexity index is 405. The SMILES string of the molecule is CC(C)Cn1c(O)cc(=O)[nH]c1=S. The van der Waals surface area contributed by atoms with E-state index in [2.05, 4.69) is 4.98 Å². The van der Waals surface area contributed by atoms with Crippen molar-refractivity contribution in [3.05, 3.63) is 21.2 Å². The second-order valence-corrected chi connectivity index (χ2v) is 3.69. The molecule has 0 saturated carbocycles. The van der Waals surface area contributed by atoms with Crippen molar-refractivity contribution in [2.24, 2.45) is 5.92 Å². The fourth-order valence-corrected chi connectivity index (χ4v) is 1.32. The van der Waals surface area contributed by atoms with Crippen LogP contribution in [0, 0.1) is 10.7 Å². The lowest BCUT2D eigenvalue weighted by molar-refractivity contribution is 0.381. The Labute approximate surface area is 80.9 Å². The summed E-state index contributed by atoms with van der Waals surface area (Å²) in [5, 5.41) is 9.40. The molecule has 0 atom stereocenters. The van der Waals surface area contributed by atoms with Crippen LogP contribution in [-0.2, 0) is 6.54 Å². The van der Waals surface area contributed by atoms with Crippen LogP contribution in [0.4, 0.5) is 0 Å². The third-order valence-electron chi connectivity index (χ3n) is 1.56. The van der Waals surface area contributed by atoms with Gasteiger partial charge in [-0.05, 0) is 18.1 Å². The zero-order chi connectivity index (χ0) is 10.0. The molecule has 0 aromatic carbocycles. The zero-order valence-corrected chi connectivity index (χ0v) is 8.39. The number of H-pyrrole nitrogens is 1. The molecule has 5 heteroatoms. The number of aromatic hydroxyl groups is 1. The highest BCUT2D eigenvalue weighted by molar-refractivity contribution is 7.71. The van der Waals surface area contributed by atoms with Crippen LogP contribution in [0.1, 0.15) is 13.8 Å². The Kier molecular flexibility index (Phi) is 2.87. The van der Waals surface area contributed by atoms with Gasteiger partial charge < -0.3 is 5.11 Å². The Balaban J connectivity index is 3.22. The van der Waals surface area contributed by atoms with Gasteiger partial charge in [0.2, 0.25) is 0 Å². The van der Waals surface area contributed by atoms with E-state index in [-0.39, 0.29) is 16.2 Å². The topological polar surface area (TPSA) is 58.0 Å². The monoisotopic (exact) mass is 200 g/mol. The van der Waals surface area contributed by atoms with Crippen molar-refractivity contribution in [2.75, 3.05) is 0 Å². The van der Waals surface area contributed by atoms with Crippen molar-refractivity contribution in [2.45, 2.75) is 20.4 Å². The molecule has 0 radical (unpaired) electrons. The number of hydrogen-bond acceptors (Lipinski definition) is 3. The van der Waals surface area contributed by atoms with Crippen molar-refractivity contribution in [1.29, 1.82) is 0 Å². The summed E-state index contributed by atoms with van der Waals surface area (Å²) < 4.78 is 1.76. The van der Waals surface area contributed by atoms with E-state index < -0.39 is 0 Å². The molecule has 1 rings (SSSR count). The third-order valence-corrected chi connectivity index (χ3v) is 1.88. The first kappa shape index (κ1) is 9.98. The summed E-state index contributed by atoms with van der Waals surface area (Å²) >= 11 is 4.89. The van der Waals surface area contributed by atoms with E-state index in [0.717, 1.165) is 6.07 Å². The van der Waals surface area contributed by atoms with E-state index in [0.29, 0.717) is 12.5 Å². The lowest BCUT2D eigenvalue weighted by Gasteiger charge is -2.10. The lowest BCUT2D eigenvalue weighted by atomic mass is 10.2. The van der Waals surface area contributed by atoms with Crippen molar-refractivity contribution in [3.8, 4) is 5.88 Å². The van der Waals surface area contributed by atoms with Gasteiger partial charge in [0.15, 0.2) is 10.7 Å². The van der Waals surface area contributed by atoms with Crippen LogP contribution >= 0.6 is 12.2 Å². The molecule has 13 heavy (non-hydrogen) atoms. The van der Waals surface area contributed by atoms with Crippen LogP contribution in [0.15, 0.2) is 10.9 Å². The number of aromatic amines is 1. The molecule has 1 aromatic rings. The predicted molar refractivity (Wildman–Crippen MR) is 52.4 cm³/mol. The fraction of sp³-hybridized carbons (Fsp3) is 0.500. The van der Waals surface area contributed by atoms with Crippen LogP contribution in [0.25, 0.3) is 0 Å². The molecule has 0 unspecified atom stereocenters. The highest BCUT2D eigenvalue weighted by Crippen LogP contribution is 2.08. The number of aromatic nitrogens is 2. The summed E-state index contributed by atoms with van der Waals surface area (Å²) in [5.41, 5.74) is -0.373. The number of hydrogen-bond donors (Lipinski definition) is 2. The fourth-order valence-electron chi connectivity index (χ4n) is 1.05. The van der Waals surface area contributed by atoms with E-state index in [9.17, 15) is 9.90 Å². The average molecular weight is 200 g/mol. The van der Waals surface area contributed by atoms with Crippen molar-refractivity contribution < 1.29 is 5.11 Å². The van der Waals surface area contributed by atoms with Gasteiger partial charge in [-0.15, -0.1) is 0 Å². The molecule has 0 spiro atoms. The van der Waals surface area contributed by atoms with Crippen LogP contribution in [0.3, 0.4) is 0 Å². The molecule has 0 aliphatic heterocycles. The van der Waals surface area contributed by atoms with Gasteiger partial charge >= 0.3 is 0 Å². The second kappa shape index (κ2) is 3.74. The van der Waals surface area contributed by atoms with Gasteiger partial charge in [-0.2, -0.15) is 0 Å². The molecule has 2 N–H and O–H groups in total. The summed E-state index contributed by atoms with van der Waals surface area (Å²) in [5.74, 6) is 0.283. The second-order valence-electron chi connectivity index (χ2n) is 3.30. The first-order valence-electron chi connectivity index (χ1n) is 4.04. The van der Waals surface area contributed by atoms with E-state index in [1.165, 1.54) is 4.57 Å². The quantitative estimate of drug-likeness (QED) is 0.707. The van der Waals surface area contributed by atoms with Crippen molar-refractivity contribution >= 4 is 12.2 Å². The maximum absolute atomic E-state index is 10.9. The van der Waals surface area contributed by atoms with Gasteiger partial charge in [0.1, 0.15) is 0 Å². The molecule has 0 aliphatic carbocycles. The van der Waals surface area contributed by atoms with Gasteiger partial charge in [0, 0.05) is 6.54 Å². The summed E-state index contributed by atoms with van der Waals surface area (Å²) in [6.45, 7) is 4.61. The van der Waals surface area contributed by atoms with Crippen LogP contribution in [0.2, 0.25) is 0 Å². The normalized spacial score (nSPS) is 10.7.